The largest absolute Gasteiger partial charge is 0.416 e. The molecule has 1 unspecified atom stereocenters. The summed E-state index contributed by atoms with van der Waals surface area (Å²) in [7, 11) is 1.75. The molecule has 2 N–H and O–H groups in total. The Morgan fingerprint density at radius 3 is 2.71 bits per heavy atom. The topological polar surface area (TPSA) is 59.0 Å². The molecule has 0 fully saturated rings. The summed E-state index contributed by atoms with van der Waals surface area (Å²) in [5, 5.41) is 9.56. The average Bonchev–Trinajstić information content (AvgIpc) is 2.95. The third-order valence-electron chi connectivity index (χ3n) is 3.25. The van der Waals surface area contributed by atoms with Crippen LogP contribution < -0.4 is 10.6 Å². The quantitative estimate of drug-likeness (QED) is 0.859. The fraction of sp³-hybridized carbons (Fsp3) is 0.333. The number of anilines is 1. The normalized spacial score (nSPS) is 12.4. The molecule has 0 aliphatic rings. The molecular weight excluding hydrogens is 345 g/mol. The maximum Gasteiger partial charge on any atom is 0.416 e. The third kappa shape index (κ3) is 4.97. The van der Waals surface area contributed by atoms with Crippen molar-refractivity contribution in [1.29, 1.82) is 0 Å². The van der Waals surface area contributed by atoms with Gasteiger partial charge in [-0.05, 0) is 25.2 Å². The molecule has 5 nitrogen and oxygen atoms in total. The highest BCUT2D eigenvalue weighted by Crippen LogP contribution is 2.30. The molecule has 0 bridgehead atoms. The second-order valence-electron chi connectivity index (χ2n) is 5.17. The van der Waals surface area contributed by atoms with Gasteiger partial charge in [0.2, 0.25) is 5.91 Å². The zero-order chi connectivity index (χ0) is 17.0. The Kier molecular flexibility index (Phi) is 6.80. The van der Waals surface area contributed by atoms with Crippen molar-refractivity contribution in [3.05, 3.63) is 42.2 Å². The molecule has 0 spiro atoms. The van der Waals surface area contributed by atoms with Crippen LogP contribution in [0.25, 0.3) is 5.69 Å². The lowest BCUT2D eigenvalue weighted by Crippen LogP contribution is -2.28. The van der Waals surface area contributed by atoms with Crippen molar-refractivity contribution in [2.75, 3.05) is 18.9 Å². The molecule has 9 heteroatoms. The van der Waals surface area contributed by atoms with Gasteiger partial charge < -0.3 is 10.6 Å². The minimum atomic E-state index is -4.41. The fourth-order valence-corrected chi connectivity index (χ4v) is 2.02. The Balaban J connectivity index is 0.00000288. The first-order valence-electron chi connectivity index (χ1n) is 6.99. The Bertz CT molecular complexity index is 687. The van der Waals surface area contributed by atoms with Crippen molar-refractivity contribution in [2.24, 2.45) is 5.92 Å². The minimum absolute atomic E-state index is 0. The van der Waals surface area contributed by atoms with Crippen molar-refractivity contribution >= 4 is 24.0 Å². The molecule has 0 aliphatic heterocycles. The van der Waals surface area contributed by atoms with Gasteiger partial charge in [0.05, 0.1) is 29.3 Å². The van der Waals surface area contributed by atoms with Crippen LogP contribution in [0.5, 0.6) is 0 Å². The monoisotopic (exact) mass is 362 g/mol. The zero-order valence-electron chi connectivity index (χ0n) is 13.1. The molecule has 1 amide bonds. The summed E-state index contributed by atoms with van der Waals surface area (Å²) < 4.78 is 39.5. The van der Waals surface area contributed by atoms with Gasteiger partial charge >= 0.3 is 6.18 Å². The van der Waals surface area contributed by atoms with E-state index in [0.29, 0.717) is 12.2 Å². The van der Waals surface area contributed by atoms with Crippen LogP contribution in [-0.4, -0.2) is 29.3 Å². The summed E-state index contributed by atoms with van der Waals surface area (Å²) in [5.74, 6) is -0.431. The maximum atomic E-state index is 12.7. The first kappa shape index (κ1) is 20.0. The Hall–Kier alpha value is -2.06. The van der Waals surface area contributed by atoms with E-state index in [-0.39, 0.29) is 29.9 Å². The van der Waals surface area contributed by atoms with E-state index in [9.17, 15) is 18.0 Å². The highest BCUT2D eigenvalue weighted by Gasteiger charge is 2.30. The van der Waals surface area contributed by atoms with Crippen LogP contribution in [0.3, 0.4) is 0 Å². The predicted octanol–water partition coefficient (Wildman–Crippen LogP) is 3.11. The third-order valence-corrected chi connectivity index (χ3v) is 3.25. The number of halogens is 4. The van der Waals surface area contributed by atoms with Crippen molar-refractivity contribution in [3.8, 4) is 5.69 Å². The summed E-state index contributed by atoms with van der Waals surface area (Å²) in [5.41, 5.74) is -0.0577. The lowest BCUT2D eigenvalue weighted by atomic mass is 10.1. The number of benzene rings is 1. The molecule has 1 aromatic heterocycles. The van der Waals surface area contributed by atoms with Crippen molar-refractivity contribution in [2.45, 2.75) is 13.1 Å². The molecular formula is C15H18ClF3N4O. The van der Waals surface area contributed by atoms with Gasteiger partial charge in [-0.15, -0.1) is 12.4 Å². The number of hydrogen-bond acceptors (Lipinski definition) is 3. The van der Waals surface area contributed by atoms with Crippen LogP contribution in [0.4, 0.5) is 18.9 Å². The fourth-order valence-electron chi connectivity index (χ4n) is 2.02. The maximum absolute atomic E-state index is 12.7. The SMILES string of the molecule is CNCC(C)C(=O)Nc1cnn(-c2cccc(C(F)(F)F)c2)c1.Cl. The van der Waals surface area contributed by atoms with E-state index >= 15 is 0 Å². The number of hydrogen-bond donors (Lipinski definition) is 2. The second kappa shape index (κ2) is 8.16. The first-order valence-corrected chi connectivity index (χ1v) is 6.99. The number of nitrogens with one attached hydrogen (secondary N) is 2. The molecule has 1 heterocycles. The number of nitrogens with zero attached hydrogens (tertiary/aromatic N) is 2. The summed E-state index contributed by atoms with van der Waals surface area (Å²) in [4.78, 5) is 11.9. The Labute approximate surface area is 143 Å². The standard InChI is InChI=1S/C15H17F3N4O.ClH/c1-10(7-19-2)14(23)21-12-8-20-22(9-12)13-5-3-4-11(6-13)15(16,17)18;/h3-6,8-10,19H,7H2,1-2H3,(H,21,23);1H. The Morgan fingerprint density at radius 2 is 2.08 bits per heavy atom. The number of amides is 1. The van der Waals surface area contributed by atoms with Crippen LogP contribution in [0.2, 0.25) is 0 Å². The lowest BCUT2D eigenvalue weighted by Gasteiger charge is -2.10. The van der Waals surface area contributed by atoms with E-state index in [0.717, 1.165) is 12.1 Å². The van der Waals surface area contributed by atoms with Crippen molar-refractivity contribution < 1.29 is 18.0 Å². The summed E-state index contributed by atoms with van der Waals surface area (Å²) >= 11 is 0. The molecule has 2 rings (SSSR count). The van der Waals surface area contributed by atoms with Crippen LogP contribution in [-0.2, 0) is 11.0 Å². The van der Waals surface area contributed by atoms with Gasteiger partial charge in [-0.1, -0.05) is 13.0 Å². The van der Waals surface area contributed by atoms with E-state index in [1.807, 2.05) is 0 Å². The van der Waals surface area contributed by atoms with E-state index in [4.69, 9.17) is 0 Å². The minimum Gasteiger partial charge on any atom is -0.323 e. The zero-order valence-corrected chi connectivity index (χ0v) is 13.9. The van der Waals surface area contributed by atoms with Crippen LogP contribution in [0.1, 0.15) is 12.5 Å². The molecule has 2 aromatic rings. The van der Waals surface area contributed by atoms with Crippen molar-refractivity contribution in [3.63, 3.8) is 0 Å². The molecule has 24 heavy (non-hydrogen) atoms. The van der Waals surface area contributed by atoms with Gasteiger partial charge in [-0.3, -0.25) is 4.79 Å². The van der Waals surface area contributed by atoms with Crippen LogP contribution in [0.15, 0.2) is 36.7 Å². The molecule has 0 radical (unpaired) electrons. The van der Waals surface area contributed by atoms with E-state index in [2.05, 4.69) is 15.7 Å². The molecule has 0 aliphatic carbocycles. The number of alkyl halides is 3. The smallest absolute Gasteiger partial charge is 0.323 e. The van der Waals surface area contributed by atoms with Crippen LogP contribution in [0, 0.1) is 5.92 Å². The Morgan fingerprint density at radius 1 is 1.38 bits per heavy atom. The van der Waals surface area contributed by atoms with E-state index < -0.39 is 11.7 Å². The first-order chi connectivity index (χ1) is 10.8. The van der Waals surface area contributed by atoms with E-state index in [1.165, 1.54) is 29.2 Å². The number of carbonyl (C=O) groups is 1. The molecule has 132 valence electrons. The molecule has 1 atom stereocenters. The number of aromatic nitrogens is 2. The summed E-state index contributed by atoms with van der Waals surface area (Å²) in [6, 6.07) is 4.82. The van der Waals surface area contributed by atoms with Crippen LogP contribution >= 0.6 is 12.4 Å². The highest BCUT2D eigenvalue weighted by molar-refractivity contribution is 5.92. The predicted molar refractivity (Wildman–Crippen MR) is 87.5 cm³/mol. The van der Waals surface area contributed by atoms with Gasteiger partial charge in [0.15, 0.2) is 0 Å². The van der Waals surface area contributed by atoms with Gasteiger partial charge in [0, 0.05) is 12.5 Å². The van der Waals surface area contributed by atoms with Gasteiger partial charge in [0.1, 0.15) is 0 Å². The van der Waals surface area contributed by atoms with Gasteiger partial charge in [-0.25, -0.2) is 4.68 Å². The average molecular weight is 363 g/mol. The summed E-state index contributed by atoms with van der Waals surface area (Å²) in [6.45, 7) is 2.29. The van der Waals surface area contributed by atoms with E-state index in [1.54, 1.807) is 14.0 Å². The lowest BCUT2D eigenvalue weighted by molar-refractivity contribution is -0.137. The number of rotatable bonds is 5. The van der Waals surface area contributed by atoms with Crippen molar-refractivity contribution in [1.82, 2.24) is 15.1 Å². The molecule has 0 saturated carbocycles. The second-order valence-corrected chi connectivity index (χ2v) is 5.17. The van der Waals surface area contributed by atoms with Gasteiger partial charge in [-0.2, -0.15) is 18.3 Å². The molecule has 0 saturated heterocycles. The molecule has 1 aromatic carbocycles. The summed E-state index contributed by atoms with van der Waals surface area (Å²) in [6.07, 6.45) is -1.55. The highest BCUT2D eigenvalue weighted by atomic mass is 35.5. The number of carbonyl (C=O) groups excluding carboxylic acids is 1. The van der Waals surface area contributed by atoms with Gasteiger partial charge in [0.25, 0.3) is 0 Å².